The molecule has 0 saturated carbocycles. The number of amides is 4. The van der Waals surface area contributed by atoms with E-state index < -0.39 is 10.8 Å². The minimum absolute atomic E-state index is 0.0260. The summed E-state index contributed by atoms with van der Waals surface area (Å²) >= 11 is 0. The molecule has 9 heterocycles. The topological polar surface area (TPSA) is 286 Å². The molecule has 4 amide bonds. The third kappa shape index (κ3) is 14.4. The minimum atomic E-state index is -0.935. The Balaban J connectivity index is 0.000000169. The van der Waals surface area contributed by atoms with Gasteiger partial charge in [0.1, 0.15) is 11.6 Å². The van der Waals surface area contributed by atoms with E-state index in [1.165, 1.54) is 24.3 Å². The van der Waals surface area contributed by atoms with Crippen molar-refractivity contribution in [3.63, 3.8) is 0 Å². The van der Waals surface area contributed by atoms with Crippen molar-refractivity contribution in [2.45, 2.75) is 25.7 Å². The van der Waals surface area contributed by atoms with Crippen molar-refractivity contribution in [2.24, 2.45) is 10.8 Å². The maximum absolute atomic E-state index is 14.2. The average molecular weight is 1330 g/mol. The Morgan fingerprint density at radius 3 is 1.36 bits per heavy atom. The summed E-state index contributed by atoms with van der Waals surface area (Å²) in [4.78, 5) is 84.5. The van der Waals surface area contributed by atoms with Crippen LogP contribution in [0.1, 0.15) is 25.0 Å². The lowest BCUT2D eigenvalue weighted by atomic mass is 9.81. The van der Waals surface area contributed by atoms with Gasteiger partial charge in [0.25, 0.3) is 0 Å². The van der Waals surface area contributed by atoms with Gasteiger partial charge in [0.15, 0.2) is 11.6 Å². The van der Waals surface area contributed by atoms with Gasteiger partial charge in [0.05, 0.1) is 70.7 Å². The zero-order valence-corrected chi connectivity index (χ0v) is 54.1. The van der Waals surface area contributed by atoms with Crippen molar-refractivity contribution in [3.8, 4) is 51.4 Å². The van der Waals surface area contributed by atoms with E-state index in [1.807, 2.05) is 69.3 Å². The van der Waals surface area contributed by atoms with Gasteiger partial charge in [-0.15, -0.1) is 0 Å². The van der Waals surface area contributed by atoms with Crippen LogP contribution in [-0.2, 0) is 25.6 Å². The Morgan fingerprint density at radius 2 is 0.929 bits per heavy atom. The Kier molecular flexibility index (Phi) is 18.6. The van der Waals surface area contributed by atoms with Gasteiger partial charge in [0.2, 0.25) is 23.6 Å². The molecule has 4 aliphatic rings. The van der Waals surface area contributed by atoms with Crippen LogP contribution in [0.4, 0.5) is 31.5 Å². The van der Waals surface area contributed by atoms with Crippen molar-refractivity contribution in [1.29, 1.82) is 5.26 Å². The van der Waals surface area contributed by atoms with E-state index in [0.717, 1.165) is 81.6 Å². The third-order valence-electron chi connectivity index (χ3n) is 19.2. The number of piperazine rings is 2. The van der Waals surface area contributed by atoms with Gasteiger partial charge < -0.3 is 30.2 Å². The van der Waals surface area contributed by atoms with Gasteiger partial charge in [-0.1, -0.05) is 0 Å². The standard InChI is InChI=1S/C37H36FN11O2.C36H34FN9O2/c38-27-6-2-25(3-7-27)34-31-20-28(8-11-32(31)44-45-34)42-36(51)37(21-29-22-41-46-43-29)12-15-47(24-37)23-33(50)49-18-16-48(17-19-49)30-9-4-26(5-10-30)35-39-13-1-14-40-35;37-27-6-2-25(3-7-27)33-30-22-28(8-11-31(30)42-43-33)41-35(48)36(12-14-38)13-17-44(24-36)23-32(47)46-20-18-45(19-21-46)29-9-4-26(5-10-29)34-39-15-1-16-40-34/h1-11,13-14,20,22H,12,15-19,21,23-24H2,(H,42,51)(H,44,45)(H,41,43,46);1-11,15-16,22H,12-13,17-21,23-24H2,(H,41,48)(H,42,43). The van der Waals surface area contributed by atoms with E-state index in [2.05, 4.69) is 111 Å². The fourth-order valence-corrected chi connectivity index (χ4v) is 13.7. The highest BCUT2D eigenvalue weighted by atomic mass is 19.1. The number of rotatable bonds is 17. The number of H-pyrrole nitrogens is 3. The smallest absolute Gasteiger partial charge is 0.236 e. The first-order chi connectivity index (χ1) is 48.3. The highest BCUT2D eigenvalue weighted by Gasteiger charge is 2.47. The predicted octanol–water partition coefficient (Wildman–Crippen LogP) is 8.89. The second kappa shape index (κ2) is 28.6. The minimum Gasteiger partial charge on any atom is -0.368 e. The first-order valence-corrected chi connectivity index (χ1v) is 32.9. The molecule has 0 aliphatic carbocycles. The van der Waals surface area contributed by atoms with Crippen LogP contribution in [0.5, 0.6) is 0 Å². The molecule has 0 spiro atoms. The van der Waals surface area contributed by atoms with Crippen molar-refractivity contribution in [2.75, 3.05) is 112 Å². The van der Waals surface area contributed by atoms with Crippen molar-refractivity contribution < 1.29 is 28.0 Å². The quantitative estimate of drug-likeness (QED) is 0.0569. The average Bonchev–Trinajstić information content (AvgIpc) is 1.68. The van der Waals surface area contributed by atoms with Gasteiger partial charge in [-0.2, -0.15) is 30.9 Å². The van der Waals surface area contributed by atoms with Gasteiger partial charge in [0, 0.05) is 152 Å². The number of likely N-dealkylation sites (tertiary alicyclic amines) is 2. The molecule has 0 bridgehead atoms. The summed E-state index contributed by atoms with van der Waals surface area (Å²) in [5.41, 5.74) is 8.63. The number of benzene rings is 6. The number of halogens is 2. The van der Waals surface area contributed by atoms with E-state index in [1.54, 1.807) is 73.4 Å². The summed E-state index contributed by atoms with van der Waals surface area (Å²) in [6.45, 7) is 7.68. The number of nitrogens with zero attached hydrogens (tertiary/aromatic N) is 15. The molecule has 6 aromatic carbocycles. The van der Waals surface area contributed by atoms with Gasteiger partial charge >= 0.3 is 0 Å². The number of carbonyl (C=O) groups excluding carboxylic acids is 4. The number of fused-ring (bicyclic) bond motifs is 2. The highest BCUT2D eigenvalue weighted by molar-refractivity contribution is 6.02. The molecular weight excluding hydrogens is 1260 g/mol. The summed E-state index contributed by atoms with van der Waals surface area (Å²) in [5, 5.41) is 43.2. The maximum Gasteiger partial charge on any atom is 0.236 e. The third-order valence-corrected chi connectivity index (χ3v) is 19.2. The number of hydrogen-bond donors (Lipinski definition) is 5. The molecule has 2 atom stereocenters. The molecule has 4 fully saturated rings. The second-order valence-corrected chi connectivity index (χ2v) is 25.5. The second-order valence-electron chi connectivity index (χ2n) is 25.5. The fourth-order valence-electron chi connectivity index (χ4n) is 13.7. The summed E-state index contributed by atoms with van der Waals surface area (Å²) in [6.07, 6.45) is 10.0. The number of carbonyl (C=O) groups is 4. The van der Waals surface area contributed by atoms with Crippen LogP contribution < -0.4 is 20.4 Å². The summed E-state index contributed by atoms with van der Waals surface area (Å²) in [6, 6.07) is 45.4. The number of aromatic nitrogens is 11. The molecule has 0 radical (unpaired) electrons. The van der Waals surface area contributed by atoms with E-state index in [4.69, 9.17) is 0 Å². The van der Waals surface area contributed by atoms with Crippen LogP contribution in [0, 0.1) is 33.8 Å². The number of nitrogens with one attached hydrogen (secondary N) is 5. The number of anilines is 4. The Hall–Kier alpha value is -11.7. The molecule has 2 unspecified atom stereocenters. The van der Waals surface area contributed by atoms with Crippen LogP contribution in [0.2, 0.25) is 0 Å². The lowest BCUT2D eigenvalue weighted by molar-refractivity contribution is -0.133. The van der Waals surface area contributed by atoms with Gasteiger partial charge in [-0.05, 0) is 172 Å². The zero-order valence-electron chi connectivity index (χ0n) is 54.1. The number of nitriles is 1. The van der Waals surface area contributed by atoms with Crippen molar-refractivity contribution in [3.05, 3.63) is 194 Å². The lowest BCUT2D eigenvalue weighted by Gasteiger charge is -2.37. The summed E-state index contributed by atoms with van der Waals surface area (Å²) in [5.74, 6) is 0.412. The van der Waals surface area contributed by atoms with E-state index in [-0.39, 0.29) is 54.8 Å². The molecule has 4 saturated heterocycles. The molecular formula is C73H70F2N20O4. The Bertz CT molecular complexity index is 4700. The number of hydrogen-bond acceptors (Lipinski definition) is 17. The molecule has 5 aromatic heterocycles. The van der Waals surface area contributed by atoms with Crippen molar-refractivity contribution >= 4 is 68.2 Å². The zero-order chi connectivity index (χ0) is 67.9. The molecule has 26 heteroatoms. The molecule has 4 aliphatic heterocycles. The highest BCUT2D eigenvalue weighted by Crippen LogP contribution is 2.39. The van der Waals surface area contributed by atoms with Crippen LogP contribution >= 0.6 is 0 Å². The number of aromatic amines is 3. The SMILES string of the molecule is N#CCC1(C(=O)Nc2ccc3[nH]nc(-c4ccc(F)cc4)c3c2)CCN(CC(=O)N2CCN(c3ccc(-c4ncccn4)cc3)CC2)C1.O=C(CN1CCC(Cc2cn[nH]n2)(C(=O)Nc2ccc3[nH]nc(-c4ccc(F)cc4)c3c2)C1)N1CCN(c2ccc(-c3ncccn3)cc2)CC1. The van der Waals surface area contributed by atoms with Crippen LogP contribution in [-0.4, -0.2) is 191 Å². The van der Waals surface area contributed by atoms with Crippen LogP contribution in [0.15, 0.2) is 177 Å². The van der Waals surface area contributed by atoms with Gasteiger partial charge in [-0.25, -0.2) is 28.7 Å². The molecule has 99 heavy (non-hydrogen) atoms. The normalized spacial score (nSPS) is 18.1. The molecule has 5 N–H and O–H groups in total. The maximum atomic E-state index is 14.2. The van der Waals surface area contributed by atoms with Crippen LogP contribution in [0.3, 0.4) is 0 Å². The summed E-state index contributed by atoms with van der Waals surface area (Å²) < 4.78 is 27.1. The molecule has 500 valence electrons. The molecule has 15 rings (SSSR count). The van der Waals surface area contributed by atoms with Gasteiger partial charge in [-0.3, -0.25) is 39.2 Å². The largest absolute Gasteiger partial charge is 0.368 e. The predicted molar refractivity (Wildman–Crippen MR) is 370 cm³/mol. The van der Waals surface area contributed by atoms with Crippen molar-refractivity contribution in [1.82, 2.24) is 75.3 Å². The fraction of sp³-hybridized carbons (Fsp3) is 0.274. The van der Waals surface area contributed by atoms with Crippen LogP contribution in [0.25, 0.3) is 67.1 Å². The Morgan fingerprint density at radius 1 is 0.505 bits per heavy atom. The first-order valence-electron chi connectivity index (χ1n) is 32.9. The Labute approximate surface area is 568 Å². The van der Waals surface area contributed by atoms with E-state index in [0.29, 0.717) is 112 Å². The lowest BCUT2D eigenvalue weighted by Crippen LogP contribution is -2.51. The molecule has 24 nitrogen and oxygen atoms in total. The first kappa shape index (κ1) is 64.6. The van der Waals surface area contributed by atoms with E-state index in [9.17, 15) is 33.2 Å². The monoisotopic (exact) mass is 1330 g/mol. The molecule has 11 aromatic rings. The summed E-state index contributed by atoms with van der Waals surface area (Å²) in [7, 11) is 0. The van der Waals surface area contributed by atoms with E-state index >= 15 is 0 Å².